The summed E-state index contributed by atoms with van der Waals surface area (Å²) in [5.74, 6) is 0.503. The molecule has 7 nitrogen and oxygen atoms in total. The van der Waals surface area contributed by atoms with Gasteiger partial charge in [-0.2, -0.15) is 0 Å². The zero-order valence-corrected chi connectivity index (χ0v) is 13.4. The molecule has 0 aromatic carbocycles. The lowest BCUT2D eigenvalue weighted by atomic mass is 9.94. The van der Waals surface area contributed by atoms with Gasteiger partial charge in [0.05, 0.1) is 12.8 Å². The van der Waals surface area contributed by atoms with Crippen molar-refractivity contribution in [3.05, 3.63) is 78.1 Å². The summed E-state index contributed by atoms with van der Waals surface area (Å²) < 4.78 is 5.46. The SMILES string of the molecule is C=C(/C=C\NC(N)N)C1=C/C(=C(/OC)c2ccncn2)C(=N)C=C1. The number of hydrogen-bond donors (Lipinski definition) is 4. The van der Waals surface area contributed by atoms with E-state index in [2.05, 4.69) is 21.9 Å². The van der Waals surface area contributed by atoms with Gasteiger partial charge in [-0.3, -0.25) is 11.5 Å². The van der Waals surface area contributed by atoms with Gasteiger partial charge in [0.15, 0.2) is 5.76 Å². The zero-order chi connectivity index (χ0) is 17.5. The molecule has 0 radical (unpaired) electrons. The molecule has 6 N–H and O–H groups in total. The molecule has 1 aliphatic carbocycles. The Bertz CT molecular complexity index is 744. The minimum absolute atomic E-state index is 0.327. The number of nitrogens with two attached hydrogens (primary N) is 2. The van der Waals surface area contributed by atoms with E-state index in [1.54, 1.807) is 37.7 Å². The summed E-state index contributed by atoms with van der Waals surface area (Å²) in [6, 6.07) is 1.73. The topological polar surface area (TPSA) is 123 Å². The fourth-order valence-corrected chi connectivity index (χ4v) is 2.07. The Kier molecular flexibility index (Phi) is 5.78. The molecular weight excluding hydrogens is 304 g/mol. The first-order valence-electron chi connectivity index (χ1n) is 7.19. The zero-order valence-electron chi connectivity index (χ0n) is 13.4. The van der Waals surface area contributed by atoms with Crippen LogP contribution in [0.2, 0.25) is 0 Å². The summed E-state index contributed by atoms with van der Waals surface area (Å²) in [4.78, 5) is 8.07. The average Bonchev–Trinajstić information content (AvgIpc) is 2.57. The molecule has 0 fully saturated rings. The Morgan fingerprint density at radius 1 is 1.42 bits per heavy atom. The molecular formula is C17H20N6O. The molecule has 2 rings (SSSR count). The summed E-state index contributed by atoms with van der Waals surface area (Å²) in [6.07, 6.45) is 11.1. The summed E-state index contributed by atoms with van der Waals surface area (Å²) in [7, 11) is 1.55. The van der Waals surface area contributed by atoms with E-state index in [1.807, 2.05) is 12.2 Å². The Hall–Kier alpha value is -3.03. The van der Waals surface area contributed by atoms with Crippen LogP contribution in [0, 0.1) is 5.41 Å². The molecule has 0 atom stereocenters. The van der Waals surface area contributed by atoms with Gasteiger partial charge in [0.25, 0.3) is 0 Å². The molecule has 0 amide bonds. The second kappa shape index (κ2) is 8.00. The summed E-state index contributed by atoms with van der Waals surface area (Å²) in [5.41, 5.74) is 14.0. The molecule has 24 heavy (non-hydrogen) atoms. The fraction of sp³-hybridized carbons (Fsp3) is 0.118. The summed E-state index contributed by atoms with van der Waals surface area (Å²) in [5, 5.41) is 10.9. The number of hydrogen-bond acceptors (Lipinski definition) is 7. The van der Waals surface area contributed by atoms with Crippen LogP contribution in [-0.2, 0) is 4.74 Å². The third-order valence-corrected chi connectivity index (χ3v) is 3.23. The first kappa shape index (κ1) is 17.3. The van der Waals surface area contributed by atoms with E-state index in [4.69, 9.17) is 21.6 Å². The lowest BCUT2D eigenvalue weighted by Crippen LogP contribution is -2.42. The van der Waals surface area contributed by atoms with Crippen molar-refractivity contribution in [3.8, 4) is 0 Å². The van der Waals surface area contributed by atoms with Crippen molar-refractivity contribution < 1.29 is 4.74 Å². The lowest BCUT2D eigenvalue weighted by Gasteiger charge is -2.15. The van der Waals surface area contributed by atoms with Gasteiger partial charge in [-0.05, 0) is 41.6 Å². The van der Waals surface area contributed by atoms with Crippen LogP contribution in [0.25, 0.3) is 5.76 Å². The number of rotatable bonds is 6. The number of nitrogens with one attached hydrogen (secondary N) is 2. The first-order chi connectivity index (χ1) is 11.5. The third-order valence-electron chi connectivity index (χ3n) is 3.23. The van der Waals surface area contributed by atoms with Gasteiger partial charge in [0, 0.05) is 11.8 Å². The van der Waals surface area contributed by atoms with Crippen LogP contribution in [0.15, 0.2) is 72.4 Å². The highest BCUT2D eigenvalue weighted by Crippen LogP contribution is 2.26. The highest BCUT2D eigenvalue weighted by atomic mass is 16.5. The van der Waals surface area contributed by atoms with Crippen LogP contribution >= 0.6 is 0 Å². The second-order valence-electron chi connectivity index (χ2n) is 4.94. The Morgan fingerprint density at radius 2 is 2.21 bits per heavy atom. The van der Waals surface area contributed by atoms with Gasteiger partial charge in [0.1, 0.15) is 18.3 Å². The molecule has 0 saturated heterocycles. The minimum atomic E-state index is -0.633. The normalized spacial score (nSPS) is 16.3. The van der Waals surface area contributed by atoms with Crippen molar-refractivity contribution in [2.75, 3.05) is 7.11 Å². The summed E-state index contributed by atoms with van der Waals surface area (Å²) >= 11 is 0. The van der Waals surface area contributed by atoms with Crippen molar-refractivity contribution in [3.63, 3.8) is 0 Å². The maximum absolute atomic E-state index is 8.15. The van der Waals surface area contributed by atoms with Crippen molar-refractivity contribution in [2.45, 2.75) is 6.29 Å². The Balaban J connectivity index is 2.36. The molecule has 1 aromatic rings. The van der Waals surface area contributed by atoms with Crippen LogP contribution in [0.5, 0.6) is 0 Å². The van der Waals surface area contributed by atoms with Gasteiger partial charge < -0.3 is 15.5 Å². The van der Waals surface area contributed by atoms with E-state index in [0.717, 1.165) is 11.1 Å². The highest BCUT2D eigenvalue weighted by molar-refractivity contribution is 6.14. The maximum Gasteiger partial charge on any atom is 0.153 e. The quantitative estimate of drug-likeness (QED) is 0.354. The van der Waals surface area contributed by atoms with Crippen molar-refractivity contribution in [1.82, 2.24) is 15.3 Å². The molecule has 0 bridgehead atoms. The van der Waals surface area contributed by atoms with E-state index >= 15 is 0 Å². The molecule has 1 aliphatic rings. The molecule has 0 saturated carbocycles. The van der Waals surface area contributed by atoms with Crippen LogP contribution in [0.3, 0.4) is 0 Å². The number of aromatic nitrogens is 2. The second-order valence-corrected chi connectivity index (χ2v) is 4.94. The molecule has 7 heteroatoms. The summed E-state index contributed by atoms with van der Waals surface area (Å²) in [6.45, 7) is 4.01. The van der Waals surface area contributed by atoms with E-state index < -0.39 is 6.29 Å². The van der Waals surface area contributed by atoms with Crippen molar-refractivity contribution >= 4 is 11.5 Å². The van der Waals surface area contributed by atoms with Gasteiger partial charge in [-0.25, -0.2) is 9.97 Å². The minimum Gasteiger partial charge on any atom is -0.494 e. The third kappa shape index (κ3) is 4.25. The lowest BCUT2D eigenvalue weighted by molar-refractivity contribution is 0.367. The predicted octanol–water partition coefficient (Wildman–Crippen LogP) is 1.21. The van der Waals surface area contributed by atoms with Crippen molar-refractivity contribution in [2.24, 2.45) is 11.5 Å². The largest absolute Gasteiger partial charge is 0.494 e. The van der Waals surface area contributed by atoms with E-state index in [9.17, 15) is 0 Å². The average molecular weight is 324 g/mol. The smallest absolute Gasteiger partial charge is 0.153 e. The number of nitrogens with zero attached hydrogens (tertiary/aromatic N) is 2. The molecule has 0 unspecified atom stereocenters. The van der Waals surface area contributed by atoms with E-state index in [1.165, 1.54) is 6.33 Å². The number of allylic oxidation sites excluding steroid dienone is 7. The van der Waals surface area contributed by atoms with Gasteiger partial charge in [-0.1, -0.05) is 12.7 Å². The fourth-order valence-electron chi connectivity index (χ4n) is 2.07. The van der Waals surface area contributed by atoms with Crippen LogP contribution in [-0.4, -0.2) is 29.1 Å². The van der Waals surface area contributed by atoms with Gasteiger partial charge in [0.2, 0.25) is 0 Å². The van der Waals surface area contributed by atoms with Gasteiger partial charge in [-0.15, -0.1) is 0 Å². The van der Waals surface area contributed by atoms with Crippen molar-refractivity contribution in [1.29, 1.82) is 5.41 Å². The number of ether oxygens (including phenoxy) is 1. The maximum atomic E-state index is 8.15. The molecule has 0 spiro atoms. The molecule has 124 valence electrons. The van der Waals surface area contributed by atoms with Crippen LogP contribution < -0.4 is 16.8 Å². The Labute approximate surface area is 140 Å². The first-order valence-corrected chi connectivity index (χ1v) is 7.19. The Morgan fingerprint density at radius 3 is 2.83 bits per heavy atom. The van der Waals surface area contributed by atoms with Crippen LogP contribution in [0.4, 0.5) is 0 Å². The molecule has 0 aliphatic heterocycles. The van der Waals surface area contributed by atoms with Gasteiger partial charge >= 0.3 is 0 Å². The monoisotopic (exact) mass is 324 g/mol. The predicted molar refractivity (Wildman–Crippen MR) is 94.5 cm³/mol. The van der Waals surface area contributed by atoms with E-state index in [-0.39, 0.29) is 0 Å². The van der Waals surface area contributed by atoms with Crippen LogP contribution in [0.1, 0.15) is 5.69 Å². The highest BCUT2D eigenvalue weighted by Gasteiger charge is 2.16. The van der Waals surface area contributed by atoms with E-state index in [0.29, 0.717) is 22.7 Å². The molecule has 1 aromatic heterocycles. The number of methoxy groups -OCH3 is 1. The standard InChI is InChI=1S/C17H20N6O/c1-11(5-8-22-17(19)20)12-3-4-14(18)13(9-12)16(24-2)15-6-7-21-10-23-15/h3-10,17-18,22H,1,19-20H2,2H3/b8-5-,16-13-,18-14?. The molecule has 1 heterocycles.